The van der Waals surface area contributed by atoms with Crippen molar-refractivity contribution in [2.24, 2.45) is 0 Å². The summed E-state index contributed by atoms with van der Waals surface area (Å²) < 4.78 is 7.67. The maximum atomic E-state index is 13.7. The predicted octanol–water partition coefficient (Wildman–Crippen LogP) is 3.09. The molecular weight excluding hydrogens is 470 g/mol. The summed E-state index contributed by atoms with van der Waals surface area (Å²) >= 11 is 0. The van der Waals surface area contributed by atoms with Crippen LogP contribution in [0.2, 0.25) is 0 Å². The van der Waals surface area contributed by atoms with E-state index in [1.807, 2.05) is 30.3 Å². The molecule has 4 heterocycles. The van der Waals surface area contributed by atoms with Gasteiger partial charge in [-0.1, -0.05) is 30.3 Å². The number of rotatable bonds is 4. The average Bonchev–Trinajstić information content (AvgIpc) is 3.67. The van der Waals surface area contributed by atoms with Gasteiger partial charge in [-0.2, -0.15) is 5.10 Å². The van der Waals surface area contributed by atoms with Crippen molar-refractivity contribution in [3.63, 3.8) is 0 Å². The standard InChI is InChI=1S/C27H33N7O3/c1-17-15-33(22(16-32(17)19-10-11-19)18-7-3-2-4-8-18)27(36)26(35)31-21-14-29-25(28)20-13-30-34(24(20)21)23-9-5-6-12-37-23/h2-4,7-8,13-14,17,19,22-23H,5-6,9-12,15-16H2,1H3,(H2,28,29)(H,31,35)/t17-,22-,23?/m1/s1. The number of aromatic nitrogens is 3. The number of carbonyl (C=O) groups is 2. The quantitative estimate of drug-likeness (QED) is 0.525. The molecule has 2 saturated heterocycles. The molecule has 1 aromatic carbocycles. The van der Waals surface area contributed by atoms with E-state index in [1.54, 1.807) is 15.8 Å². The minimum atomic E-state index is -0.696. The molecule has 1 saturated carbocycles. The Bertz CT molecular complexity index is 1300. The number of carbonyl (C=O) groups excluding carboxylic acids is 2. The van der Waals surface area contributed by atoms with Crippen molar-refractivity contribution >= 4 is 34.2 Å². The van der Waals surface area contributed by atoms with Gasteiger partial charge in [0.05, 0.1) is 29.5 Å². The van der Waals surface area contributed by atoms with E-state index >= 15 is 0 Å². The molecule has 3 aliphatic rings. The summed E-state index contributed by atoms with van der Waals surface area (Å²) in [4.78, 5) is 35.5. The third kappa shape index (κ3) is 4.55. The Hall–Kier alpha value is -3.50. The number of nitrogens with zero attached hydrogens (tertiary/aromatic N) is 5. The second-order valence-electron chi connectivity index (χ2n) is 10.3. The molecule has 3 atom stereocenters. The first-order chi connectivity index (χ1) is 18.0. The van der Waals surface area contributed by atoms with Crippen LogP contribution >= 0.6 is 0 Å². The molecule has 3 N–H and O–H groups in total. The van der Waals surface area contributed by atoms with Crippen LogP contribution in [0.5, 0.6) is 0 Å². The minimum absolute atomic E-state index is 0.180. The van der Waals surface area contributed by atoms with Gasteiger partial charge in [0.1, 0.15) is 11.3 Å². The predicted molar refractivity (Wildman–Crippen MR) is 139 cm³/mol. The summed E-state index contributed by atoms with van der Waals surface area (Å²) in [5.41, 5.74) is 8.17. The van der Waals surface area contributed by atoms with Gasteiger partial charge >= 0.3 is 11.8 Å². The number of fused-ring (bicyclic) bond motifs is 1. The molecule has 3 aromatic rings. The number of piperazine rings is 1. The lowest BCUT2D eigenvalue weighted by molar-refractivity contribution is -0.148. The van der Waals surface area contributed by atoms with E-state index in [1.165, 1.54) is 19.0 Å². The number of amides is 2. The number of nitrogens with one attached hydrogen (secondary N) is 1. The fourth-order valence-corrected chi connectivity index (χ4v) is 5.71. The minimum Gasteiger partial charge on any atom is -0.383 e. The Morgan fingerprint density at radius 3 is 2.62 bits per heavy atom. The van der Waals surface area contributed by atoms with Gasteiger partial charge in [0.25, 0.3) is 0 Å². The van der Waals surface area contributed by atoms with E-state index in [0.29, 0.717) is 48.1 Å². The van der Waals surface area contributed by atoms with Crippen LogP contribution < -0.4 is 11.1 Å². The number of pyridine rings is 1. The highest BCUT2D eigenvalue weighted by atomic mass is 16.5. The SMILES string of the molecule is C[C@@H]1CN(C(=O)C(=O)Nc2cnc(N)c3cnn(C4CCCCO4)c23)[C@@H](c2ccccc2)CN1C1CC1. The highest BCUT2D eigenvalue weighted by Crippen LogP contribution is 2.37. The van der Waals surface area contributed by atoms with Crippen molar-refractivity contribution in [1.29, 1.82) is 0 Å². The van der Waals surface area contributed by atoms with Gasteiger partial charge in [0.2, 0.25) is 0 Å². The number of nitrogens with two attached hydrogens (primary N) is 1. The molecule has 0 bridgehead atoms. The first-order valence-electron chi connectivity index (χ1n) is 13.2. The van der Waals surface area contributed by atoms with Crippen LogP contribution in [0.1, 0.15) is 56.9 Å². The summed E-state index contributed by atoms with van der Waals surface area (Å²) in [5, 5.41) is 7.94. The molecule has 1 aliphatic carbocycles. The van der Waals surface area contributed by atoms with Gasteiger partial charge in [0.15, 0.2) is 6.23 Å². The van der Waals surface area contributed by atoms with Crippen molar-refractivity contribution < 1.29 is 14.3 Å². The Kier molecular flexibility index (Phi) is 6.29. The lowest BCUT2D eigenvalue weighted by atomic mass is 9.99. The Morgan fingerprint density at radius 2 is 1.89 bits per heavy atom. The molecular formula is C27H33N7O3. The molecule has 10 nitrogen and oxygen atoms in total. The van der Waals surface area contributed by atoms with Crippen molar-refractivity contribution in [2.75, 3.05) is 30.7 Å². The van der Waals surface area contributed by atoms with Gasteiger partial charge in [-0.3, -0.25) is 14.5 Å². The highest BCUT2D eigenvalue weighted by molar-refractivity contribution is 6.40. The second-order valence-corrected chi connectivity index (χ2v) is 10.3. The van der Waals surface area contributed by atoms with E-state index in [2.05, 4.69) is 27.2 Å². The fourth-order valence-electron chi connectivity index (χ4n) is 5.71. The molecule has 1 unspecified atom stereocenters. The number of anilines is 2. The van der Waals surface area contributed by atoms with E-state index < -0.39 is 11.8 Å². The Labute approximate surface area is 215 Å². The molecule has 2 amide bonds. The number of ether oxygens (including phenoxy) is 1. The Morgan fingerprint density at radius 1 is 1.08 bits per heavy atom. The molecule has 37 heavy (non-hydrogen) atoms. The zero-order valence-corrected chi connectivity index (χ0v) is 21.0. The zero-order valence-electron chi connectivity index (χ0n) is 21.0. The van der Waals surface area contributed by atoms with Crippen LogP contribution in [0.4, 0.5) is 11.5 Å². The number of nitrogen functional groups attached to an aromatic ring is 1. The fraction of sp³-hybridized carbons (Fsp3) is 0.481. The van der Waals surface area contributed by atoms with E-state index in [0.717, 1.165) is 24.8 Å². The van der Waals surface area contributed by atoms with Crippen LogP contribution in [0.25, 0.3) is 10.9 Å². The van der Waals surface area contributed by atoms with Gasteiger partial charge in [-0.15, -0.1) is 0 Å². The molecule has 10 heteroatoms. The van der Waals surface area contributed by atoms with Crippen LogP contribution in [0.3, 0.4) is 0 Å². The molecule has 2 aromatic heterocycles. The van der Waals surface area contributed by atoms with Crippen molar-refractivity contribution in [1.82, 2.24) is 24.6 Å². The van der Waals surface area contributed by atoms with Gasteiger partial charge in [-0.25, -0.2) is 9.67 Å². The lowest BCUT2D eigenvalue weighted by Gasteiger charge is -2.45. The number of hydrogen-bond acceptors (Lipinski definition) is 7. The maximum absolute atomic E-state index is 13.7. The molecule has 0 spiro atoms. The first-order valence-corrected chi connectivity index (χ1v) is 13.2. The van der Waals surface area contributed by atoms with E-state index in [9.17, 15) is 9.59 Å². The van der Waals surface area contributed by atoms with Gasteiger partial charge < -0.3 is 20.7 Å². The second kappa shape index (κ2) is 9.75. The van der Waals surface area contributed by atoms with Crippen molar-refractivity contribution in [2.45, 2.75) is 63.4 Å². The van der Waals surface area contributed by atoms with Crippen molar-refractivity contribution in [3.8, 4) is 0 Å². The van der Waals surface area contributed by atoms with Gasteiger partial charge in [0, 0.05) is 31.8 Å². The van der Waals surface area contributed by atoms with E-state index in [-0.39, 0.29) is 18.3 Å². The molecule has 194 valence electrons. The van der Waals surface area contributed by atoms with Crippen LogP contribution in [0, 0.1) is 0 Å². The monoisotopic (exact) mass is 503 g/mol. The molecule has 6 rings (SSSR count). The largest absolute Gasteiger partial charge is 0.383 e. The van der Waals surface area contributed by atoms with Gasteiger partial charge in [-0.05, 0) is 44.6 Å². The summed E-state index contributed by atoms with van der Waals surface area (Å²) in [7, 11) is 0. The topological polar surface area (TPSA) is 119 Å². The summed E-state index contributed by atoms with van der Waals surface area (Å²) in [6, 6.07) is 10.5. The normalized spacial score (nSPS) is 24.8. The smallest absolute Gasteiger partial charge is 0.314 e. The van der Waals surface area contributed by atoms with Crippen molar-refractivity contribution in [3.05, 3.63) is 48.3 Å². The first kappa shape index (κ1) is 23.9. The molecule has 2 aliphatic heterocycles. The molecule has 0 radical (unpaired) electrons. The highest BCUT2D eigenvalue weighted by Gasteiger charge is 2.42. The number of benzene rings is 1. The lowest BCUT2D eigenvalue weighted by Crippen LogP contribution is -2.57. The van der Waals surface area contributed by atoms with Crippen LogP contribution in [-0.4, -0.2) is 68.2 Å². The summed E-state index contributed by atoms with van der Waals surface area (Å²) in [5.74, 6) is -0.935. The third-order valence-corrected chi connectivity index (χ3v) is 7.78. The van der Waals surface area contributed by atoms with Crippen LogP contribution in [-0.2, 0) is 14.3 Å². The zero-order chi connectivity index (χ0) is 25.5. The number of hydrogen-bond donors (Lipinski definition) is 2. The van der Waals surface area contributed by atoms with E-state index in [4.69, 9.17) is 10.5 Å². The molecule has 3 fully saturated rings. The summed E-state index contributed by atoms with van der Waals surface area (Å²) in [6.07, 6.45) is 8.11. The van der Waals surface area contributed by atoms with Crippen LogP contribution in [0.15, 0.2) is 42.7 Å². The third-order valence-electron chi connectivity index (χ3n) is 7.78. The average molecular weight is 504 g/mol. The Balaban J connectivity index is 1.28. The maximum Gasteiger partial charge on any atom is 0.314 e. The summed E-state index contributed by atoms with van der Waals surface area (Å²) in [6.45, 7) is 3.99.